The first-order chi connectivity index (χ1) is 12.0. The molecule has 0 spiro atoms. The standard InChI is InChI=1S/C17H19ClN2O3S2/c18-14-5-1-4-13(12-14)8-9-19-17(21)15-6-2-10-20(15)25(22,23)16-7-3-11-24-16/h1,3-5,7,11-12,15H,2,6,8-10H2,(H,19,21). The van der Waals surface area contributed by atoms with E-state index in [4.69, 9.17) is 11.6 Å². The molecule has 1 amide bonds. The minimum absolute atomic E-state index is 0.236. The third-order valence-corrected chi connectivity index (χ3v) is 7.68. The Morgan fingerprint density at radius 3 is 2.88 bits per heavy atom. The van der Waals surface area contributed by atoms with Gasteiger partial charge in [-0.1, -0.05) is 29.8 Å². The average Bonchev–Trinajstić information content (AvgIpc) is 3.27. The predicted molar refractivity (Wildman–Crippen MR) is 99.4 cm³/mol. The van der Waals surface area contributed by atoms with Crippen LogP contribution in [0.25, 0.3) is 0 Å². The van der Waals surface area contributed by atoms with Gasteiger partial charge in [0.15, 0.2) is 0 Å². The molecule has 1 aliphatic rings. The highest BCUT2D eigenvalue weighted by Gasteiger charge is 2.39. The van der Waals surface area contributed by atoms with Crippen molar-refractivity contribution in [3.63, 3.8) is 0 Å². The number of nitrogens with zero attached hydrogens (tertiary/aromatic N) is 1. The van der Waals surface area contributed by atoms with E-state index in [-0.39, 0.29) is 10.1 Å². The molecule has 1 atom stereocenters. The third kappa shape index (κ3) is 4.23. The number of benzene rings is 1. The summed E-state index contributed by atoms with van der Waals surface area (Å²) in [5, 5.41) is 5.24. The number of carbonyl (C=O) groups is 1. The lowest BCUT2D eigenvalue weighted by Crippen LogP contribution is -2.46. The zero-order valence-electron chi connectivity index (χ0n) is 13.5. The van der Waals surface area contributed by atoms with Crippen LogP contribution in [0.1, 0.15) is 18.4 Å². The van der Waals surface area contributed by atoms with Gasteiger partial charge in [0.05, 0.1) is 0 Å². The normalized spacial score (nSPS) is 18.4. The second kappa shape index (κ2) is 7.86. The highest BCUT2D eigenvalue weighted by atomic mass is 35.5. The van der Waals surface area contributed by atoms with Crippen LogP contribution in [0.3, 0.4) is 0 Å². The zero-order chi connectivity index (χ0) is 17.9. The Bertz CT molecular complexity index is 837. The Labute approximate surface area is 156 Å². The van der Waals surface area contributed by atoms with Crippen molar-refractivity contribution in [3.05, 3.63) is 52.4 Å². The molecule has 0 aliphatic carbocycles. The summed E-state index contributed by atoms with van der Waals surface area (Å²) in [5.74, 6) is -0.236. The maximum atomic E-state index is 12.7. The Morgan fingerprint density at radius 1 is 1.32 bits per heavy atom. The number of sulfonamides is 1. The number of hydrogen-bond donors (Lipinski definition) is 1. The van der Waals surface area contributed by atoms with Gasteiger partial charge in [-0.05, 0) is 48.4 Å². The summed E-state index contributed by atoms with van der Waals surface area (Å²) in [4.78, 5) is 12.5. The molecule has 0 radical (unpaired) electrons. The lowest BCUT2D eigenvalue weighted by Gasteiger charge is -2.22. The van der Waals surface area contributed by atoms with Gasteiger partial charge in [-0.3, -0.25) is 4.79 Å². The largest absolute Gasteiger partial charge is 0.354 e. The van der Waals surface area contributed by atoms with Crippen LogP contribution in [0.15, 0.2) is 46.0 Å². The molecule has 1 aromatic heterocycles. The molecule has 1 N–H and O–H groups in total. The van der Waals surface area contributed by atoms with Crippen molar-refractivity contribution in [2.45, 2.75) is 29.5 Å². The Balaban J connectivity index is 1.61. The number of rotatable bonds is 6. The first-order valence-corrected chi connectivity index (χ1v) is 10.8. The molecule has 0 bridgehead atoms. The molecule has 1 aliphatic heterocycles. The molecule has 25 heavy (non-hydrogen) atoms. The fraction of sp³-hybridized carbons (Fsp3) is 0.353. The van der Waals surface area contributed by atoms with E-state index in [1.165, 1.54) is 15.6 Å². The van der Waals surface area contributed by atoms with E-state index in [0.717, 1.165) is 5.56 Å². The van der Waals surface area contributed by atoms with Crippen LogP contribution in [0.4, 0.5) is 0 Å². The first kappa shape index (κ1) is 18.4. The van der Waals surface area contributed by atoms with Crippen molar-refractivity contribution >= 4 is 38.9 Å². The van der Waals surface area contributed by atoms with E-state index in [9.17, 15) is 13.2 Å². The zero-order valence-corrected chi connectivity index (χ0v) is 15.9. The maximum Gasteiger partial charge on any atom is 0.253 e. The van der Waals surface area contributed by atoms with E-state index in [0.29, 0.717) is 37.4 Å². The number of amides is 1. The summed E-state index contributed by atoms with van der Waals surface area (Å²) in [6, 6.07) is 10.1. The molecule has 2 heterocycles. The fourth-order valence-electron chi connectivity index (χ4n) is 2.96. The minimum atomic E-state index is -3.60. The van der Waals surface area contributed by atoms with E-state index in [2.05, 4.69) is 5.32 Å². The van der Waals surface area contributed by atoms with E-state index in [1.54, 1.807) is 23.6 Å². The molecule has 3 rings (SSSR count). The van der Waals surface area contributed by atoms with Crippen LogP contribution in [0, 0.1) is 0 Å². The molecule has 0 saturated carbocycles. The Morgan fingerprint density at radius 2 is 2.16 bits per heavy atom. The van der Waals surface area contributed by atoms with Crippen LogP contribution < -0.4 is 5.32 Å². The molecular weight excluding hydrogens is 380 g/mol. The molecular formula is C17H19ClN2O3S2. The molecule has 8 heteroatoms. The molecule has 1 saturated heterocycles. The van der Waals surface area contributed by atoms with Gasteiger partial charge in [0.25, 0.3) is 10.0 Å². The molecule has 1 aromatic carbocycles. The lowest BCUT2D eigenvalue weighted by atomic mass is 10.1. The summed E-state index contributed by atoms with van der Waals surface area (Å²) in [7, 11) is -3.60. The third-order valence-electron chi connectivity index (χ3n) is 4.17. The smallest absolute Gasteiger partial charge is 0.253 e. The van der Waals surface area contributed by atoms with E-state index < -0.39 is 16.1 Å². The summed E-state index contributed by atoms with van der Waals surface area (Å²) in [5.41, 5.74) is 1.03. The number of carbonyl (C=O) groups excluding carboxylic acids is 1. The second-order valence-corrected chi connectivity index (χ2v) is 9.38. The van der Waals surface area contributed by atoms with Gasteiger partial charge < -0.3 is 5.32 Å². The minimum Gasteiger partial charge on any atom is -0.354 e. The summed E-state index contributed by atoms with van der Waals surface area (Å²) in [6.07, 6.45) is 1.89. The highest BCUT2D eigenvalue weighted by Crippen LogP contribution is 2.28. The van der Waals surface area contributed by atoms with Gasteiger partial charge in [0.1, 0.15) is 10.3 Å². The number of nitrogens with one attached hydrogen (secondary N) is 1. The van der Waals surface area contributed by atoms with Gasteiger partial charge in [-0.2, -0.15) is 4.31 Å². The number of hydrogen-bond acceptors (Lipinski definition) is 4. The lowest BCUT2D eigenvalue weighted by molar-refractivity contribution is -0.124. The summed E-state index contributed by atoms with van der Waals surface area (Å²) < 4.78 is 27.0. The van der Waals surface area contributed by atoms with Gasteiger partial charge >= 0.3 is 0 Å². The van der Waals surface area contributed by atoms with Crippen LogP contribution in [-0.4, -0.2) is 37.8 Å². The molecule has 1 unspecified atom stereocenters. The van der Waals surface area contributed by atoms with Gasteiger partial charge in [0.2, 0.25) is 5.91 Å². The van der Waals surface area contributed by atoms with Crippen molar-refractivity contribution in [2.24, 2.45) is 0 Å². The Hall–Kier alpha value is -1.41. The van der Waals surface area contributed by atoms with Crippen LogP contribution in [0.5, 0.6) is 0 Å². The van der Waals surface area contributed by atoms with E-state index >= 15 is 0 Å². The summed E-state index contributed by atoms with van der Waals surface area (Å²) in [6.45, 7) is 0.829. The number of halogens is 1. The van der Waals surface area contributed by atoms with Crippen molar-refractivity contribution in [1.82, 2.24) is 9.62 Å². The van der Waals surface area contributed by atoms with Crippen LogP contribution in [-0.2, 0) is 21.2 Å². The summed E-state index contributed by atoms with van der Waals surface area (Å²) >= 11 is 7.12. The molecule has 134 valence electrons. The number of thiophene rings is 1. The molecule has 5 nitrogen and oxygen atoms in total. The van der Waals surface area contributed by atoms with Crippen molar-refractivity contribution in [1.29, 1.82) is 0 Å². The maximum absolute atomic E-state index is 12.7. The van der Waals surface area contributed by atoms with E-state index in [1.807, 2.05) is 18.2 Å². The second-order valence-electron chi connectivity index (χ2n) is 5.88. The quantitative estimate of drug-likeness (QED) is 0.813. The van der Waals surface area contributed by atoms with Crippen LogP contribution in [0.2, 0.25) is 5.02 Å². The Kier molecular flexibility index (Phi) is 5.78. The van der Waals surface area contributed by atoms with Gasteiger partial charge in [0, 0.05) is 18.1 Å². The SMILES string of the molecule is O=C(NCCc1cccc(Cl)c1)C1CCCN1S(=O)(=O)c1cccs1. The highest BCUT2D eigenvalue weighted by molar-refractivity contribution is 7.91. The van der Waals surface area contributed by atoms with Crippen molar-refractivity contribution in [3.8, 4) is 0 Å². The van der Waals surface area contributed by atoms with Crippen LogP contribution >= 0.6 is 22.9 Å². The molecule has 2 aromatic rings. The average molecular weight is 399 g/mol. The van der Waals surface area contributed by atoms with Crippen molar-refractivity contribution in [2.75, 3.05) is 13.1 Å². The predicted octanol–water partition coefficient (Wildman–Crippen LogP) is 2.91. The fourth-order valence-corrected chi connectivity index (χ4v) is 5.94. The van der Waals surface area contributed by atoms with Gasteiger partial charge in [-0.15, -0.1) is 11.3 Å². The molecule has 1 fully saturated rings. The monoisotopic (exact) mass is 398 g/mol. The van der Waals surface area contributed by atoms with Gasteiger partial charge in [-0.25, -0.2) is 8.42 Å². The van der Waals surface area contributed by atoms with Crippen molar-refractivity contribution < 1.29 is 13.2 Å². The first-order valence-electron chi connectivity index (χ1n) is 8.06. The topological polar surface area (TPSA) is 66.5 Å².